The molecule has 1 amide bonds. The van der Waals surface area contributed by atoms with Crippen LogP contribution in [0.1, 0.15) is 37.9 Å². The van der Waals surface area contributed by atoms with Crippen LogP contribution < -0.4 is 5.32 Å². The van der Waals surface area contributed by atoms with Gasteiger partial charge in [0.05, 0.1) is 0 Å². The number of likely N-dealkylation sites (tertiary alicyclic amines) is 1. The van der Waals surface area contributed by atoms with Crippen molar-refractivity contribution in [1.29, 1.82) is 0 Å². The number of nitrogens with one attached hydrogen (secondary N) is 1. The van der Waals surface area contributed by atoms with Crippen LogP contribution in [0.25, 0.3) is 5.65 Å². The second kappa shape index (κ2) is 7.24. The fraction of sp³-hybridized carbons (Fsp3) is 0.600. The normalized spacial score (nSPS) is 16.3. The summed E-state index contributed by atoms with van der Waals surface area (Å²) in [6.07, 6.45) is -0.286. The highest BCUT2D eigenvalue weighted by Gasteiger charge is 2.37. The maximum atomic E-state index is 12.8. The molecule has 0 unspecified atom stereocenters. The lowest BCUT2D eigenvalue weighted by atomic mass is 10.2. The molecule has 1 fully saturated rings. The van der Waals surface area contributed by atoms with Gasteiger partial charge in [0.15, 0.2) is 5.65 Å². The highest BCUT2D eigenvalue weighted by Crippen LogP contribution is 2.27. The van der Waals surface area contributed by atoms with E-state index in [1.807, 2.05) is 4.90 Å². The Morgan fingerprint density at radius 3 is 2.80 bits per heavy atom. The Morgan fingerprint density at radius 1 is 1.16 bits per heavy atom. The predicted octanol–water partition coefficient (Wildman–Crippen LogP) is 2.35. The number of carbonyl (C=O) groups excluding carboxylic acids is 1. The molecule has 0 atom stereocenters. The van der Waals surface area contributed by atoms with E-state index in [1.165, 1.54) is 6.07 Å². The smallest absolute Gasteiger partial charge is 0.369 e. The van der Waals surface area contributed by atoms with Crippen LogP contribution >= 0.6 is 0 Å². The van der Waals surface area contributed by atoms with Crippen molar-refractivity contribution in [3.63, 3.8) is 0 Å². The van der Waals surface area contributed by atoms with Crippen molar-refractivity contribution in [2.75, 3.05) is 25.0 Å². The van der Waals surface area contributed by atoms with Gasteiger partial charge in [-0.2, -0.15) is 17.7 Å². The van der Waals surface area contributed by atoms with Crippen LogP contribution in [0.2, 0.25) is 0 Å². The number of aromatic nitrogens is 4. The van der Waals surface area contributed by atoms with Crippen LogP contribution in [-0.2, 0) is 11.0 Å². The van der Waals surface area contributed by atoms with E-state index in [9.17, 15) is 18.0 Å². The zero-order valence-electron chi connectivity index (χ0n) is 13.6. The Balaban J connectivity index is 1.57. The molecule has 3 heterocycles. The number of alkyl halides is 3. The summed E-state index contributed by atoms with van der Waals surface area (Å²) >= 11 is 0. The van der Waals surface area contributed by atoms with Crippen LogP contribution in [0.15, 0.2) is 12.1 Å². The Morgan fingerprint density at radius 2 is 2.00 bits per heavy atom. The lowest BCUT2D eigenvalue weighted by Crippen LogP contribution is -2.32. The molecule has 3 rings (SSSR count). The number of anilines is 1. The molecule has 0 bridgehead atoms. The molecule has 1 saturated heterocycles. The first-order valence-electron chi connectivity index (χ1n) is 8.26. The Labute approximate surface area is 142 Å². The summed E-state index contributed by atoms with van der Waals surface area (Å²) < 4.78 is 39.2. The zero-order valence-corrected chi connectivity index (χ0v) is 13.6. The van der Waals surface area contributed by atoms with Crippen molar-refractivity contribution >= 4 is 17.4 Å². The molecule has 7 nitrogen and oxygen atoms in total. The first-order valence-corrected chi connectivity index (χ1v) is 8.26. The minimum Gasteiger partial charge on any atom is -0.369 e. The maximum absolute atomic E-state index is 12.8. The van der Waals surface area contributed by atoms with Gasteiger partial charge in [-0.3, -0.25) is 4.79 Å². The number of nitrogens with zero attached hydrogens (tertiary/aromatic N) is 5. The summed E-state index contributed by atoms with van der Waals surface area (Å²) in [7, 11) is 0. The summed E-state index contributed by atoms with van der Waals surface area (Å²) in [5, 5.41) is 13.5. The highest BCUT2D eigenvalue weighted by molar-refractivity contribution is 5.76. The number of hydrogen-bond acceptors (Lipinski definition) is 5. The third kappa shape index (κ3) is 4.18. The van der Waals surface area contributed by atoms with Gasteiger partial charge in [-0.25, -0.2) is 0 Å². The Bertz CT molecular complexity index is 744. The third-order valence-corrected chi connectivity index (χ3v) is 4.10. The average Bonchev–Trinajstić information content (AvgIpc) is 2.89. The molecule has 25 heavy (non-hydrogen) atoms. The quantitative estimate of drug-likeness (QED) is 0.833. The van der Waals surface area contributed by atoms with Crippen LogP contribution in [0, 0.1) is 0 Å². The largest absolute Gasteiger partial charge is 0.453 e. The Kier molecular flexibility index (Phi) is 5.05. The molecule has 0 saturated carbocycles. The second-order valence-corrected chi connectivity index (χ2v) is 5.98. The fourth-order valence-corrected chi connectivity index (χ4v) is 2.82. The van der Waals surface area contributed by atoms with E-state index in [2.05, 4.69) is 20.6 Å². The summed E-state index contributed by atoms with van der Waals surface area (Å²) in [6, 6.07) is 2.98. The van der Waals surface area contributed by atoms with Gasteiger partial charge in [0.1, 0.15) is 5.82 Å². The molecule has 2 aromatic heterocycles. The second-order valence-electron chi connectivity index (χ2n) is 5.98. The van der Waals surface area contributed by atoms with Gasteiger partial charge in [0.25, 0.3) is 5.82 Å². The van der Waals surface area contributed by atoms with Crippen LogP contribution in [0.3, 0.4) is 0 Å². The summed E-state index contributed by atoms with van der Waals surface area (Å²) in [5.41, 5.74) is 0.0352. The summed E-state index contributed by atoms with van der Waals surface area (Å²) in [4.78, 5) is 13.8. The van der Waals surface area contributed by atoms with Gasteiger partial charge in [-0.05, 0) is 31.4 Å². The van der Waals surface area contributed by atoms with Crippen molar-refractivity contribution in [3.8, 4) is 0 Å². The molecule has 0 radical (unpaired) electrons. The average molecular weight is 356 g/mol. The van der Waals surface area contributed by atoms with Gasteiger partial charge in [-0.1, -0.05) is 6.42 Å². The van der Waals surface area contributed by atoms with E-state index in [0.717, 1.165) is 25.8 Å². The minimum atomic E-state index is -4.61. The zero-order chi connectivity index (χ0) is 17.9. The minimum absolute atomic E-state index is 0.0352. The number of rotatable bonds is 5. The third-order valence-electron chi connectivity index (χ3n) is 4.10. The number of amides is 1. The molecule has 1 aliphatic rings. The van der Waals surface area contributed by atoms with Gasteiger partial charge in [-0.15, -0.1) is 15.3 Å². The van der Waals surface area contributed by atoms with Crippen LogP contribution in [-0.4, -0.2) is 50.3 Å². The van der Waals surface area contributed by atoms with Crippen molar-refractivity contribution in [1.82, 2.24) is 24.7 Å². The molecule has 10 heteroatoms. The summed E-state index contributed by atoms with van der Waals surface area (Å²) in [5.74, 6) is -0.669. The topological polar surface area (TPSA) is 75.4 Å². The van der Waals surface area contributed by atoms with Crippen LogP contribution in [0.5, 0.6) is 0 Å². The van der Waals surface area contributed by atoms with E-state index in [0.29, 0.717) is 36.3 Å². The molecule has 0 spiro atoms. The fourth-order valence-electron chi connectivity index (χ4n) is 2.82. The molecule has 0 aromatic carbocycles. The molecule has 2 aromatic rings. The van der Waals surface area contributed by atoms with Crippen molar-refractivity contribution in [2.24, 2.45) is 0 Å². The monoisotopic (exact) mass is 356 g/mol. The lowest BCUT2D eigenvalue weighted by molar-refractivity contribution is -0.146. The SMILES string of the molecule is O=C1CCCCCN1CCCNc1ccc2nnc(C(F)(F)F)n2n1. The van der Waals surface area contributed by atoms with Crippen molar-refractivity contribution < 1.29 is 18.0 Å². The molecule has 136 valence electrons. The number of halogens is 3. The molecule has 0 aliphatic carbocycles. The number of carbonyl (C=O) groups is 1. The molecule has 1 N–H and O–H groups in total. The molecular weight excluding hydrogens is 337 g/mol. The van der Waals surface area contributed by atoms with E-state index in [1.54, 1.807) is 6.07 Å². The first kappa shape index (κ1) is 17.4. The van der Waals surface area contributed by atoms with Crippen molar-refractivity contribution in [2.45, 2.75) is 38.3 Å². The van der Waals surface area contributed by atoms with Gasteiger partial charge in [0.2, 0.25) is 5.91 Å². The Hall–Kier alpha value is -2.39. The molecular formula is C15H19F3N6O. The van der Waals surface area contributed by atoms with Gasteiger partial charge < -0.3 is 10.2 Å². The molecule has 1 aliphatic heterocycles. The summed E-state index contributed by atoms with van der Waals surface area (Å²) in [6.45, 7) is 1.92. The van der Waals surface area contributed by atoms with Crippen LogP contribution in [0.4, 0.5) is 19.0 Å². The standard InChI is InChI=1S/C15H19F3N6O/c16-15(17,18)14-21-20-12-7-6-11(22-24(12)14)19-8-4-10-23-9-3-1-2-5-13(23)25/h6-7H,1-5,8-10H2,(H,19,22). The predicted molar refractivity (Wildman–Crippen MR) is 83.9 cm³/mol. The van der Waals surface area contributed by atoms with E-state index < -0.39 is 12.0 Å². The van der Waals surface area contributed by atoms with Crippen molar-refractivity contribution in [3.05, 3.63) is 18.0 Å². The lowest BCUT2D eigenvalue weighted by Gasteiger charge is -2.20. The van der Waals surface area contributed by atoms with Gasteiger partial charge >= 0.3 is 6.18 Å². The van der Waals surface area contributed by atoms with E-state index in [-0.39, 0.29) is 11.6 Å². The van der Waals surface area contributed by atoms with E-state index >= 15 is 0 Å². The first-order chi connectivity index (χ1) is 11.9. The van der Waals surface area contributed by atoms with Gasteiger partial charge in [0, 0.05) is 26.1 Å². The maximum Gasteiger partial charge on any atom is 0.453 e. The number of fused-ring (bicyclic) bond motifs is 1. The highest BCUT2D eigenvalue weighted by atomic mass is 19.4. The van der Waals surface area contributed by atoms with E-state index in [4.69, 9.17) is 0 Å². The number of hydrogen-bond donors (Lipinski definition) is 1.